The predicted molar refractivity (Wildman–Crippen MR) is 58.6 cm³/mol. The lowest BCUT2D eigenvalue weighted by Crippen LogP contribution is -1.78. The highest BCUT2D eigenvalue weighted by atomic mass is 79.9. The van der Waals surface area contributed by atoms with Gasteiger partial charge in [0.15, 0.2) is 0 Å². The van der Waals surface area contributed by atoms with Crippen LogP contribution < -0.4 is 0 Å². The second kappa shape index (κ2) is 5.86. The molecule has 0 fully saturated rings. The lowest BCUT2D eigenvalue weighted by Gasteiger charge is -1.92. The number of nitrogens with zero attached hydrogens (tertiary/aromatic N) is 1. The average Bonchev–Trinajstić information content (AvgIpc) is 1.99. The second-order valence-electron chi connectivity index (χ2n) is 1.73. The van der Waals surface area contributed by atoms with Gasteiger partial charge in [-0.1, -0.05) is 18.2 Å². The molecule has 0 aliphatic rings. The molecule has 0 aromatic heterocycles. The molecule has 0 aliphatic heterocycles. The number of hydrogen-bond acceptors (Lipinski definition) is 2. The van der Waals surface area contributed by atoms with Crippen LogP contribution in [0.15, 0.2) is 27.3 Å². The summed E-state index contributed by atoms with van der Waals surface area (Å²) >= 11 is 10.4. The largest absolute Gasteiger partial charge is 0.254 e. The van der Waals surface area contributed by atoms with Crippen LogP contribution in [-0.4, -0.2) is 11.3 Å². The summed E-state index contributed by atoms with van der Waals surface area (Å²) in [5.41, 5.74) is 0. The summed E-state index contributed by atoms with van der Waals surface area (Å²) in [7, 11) is 0. The molecule has 0 atom stereocenters. The first-order valence-electron chi connectivity index (χ1n) is 2.86. The van der Waals surface area contributed by atoms with Crippen molar-refractivity contribution in [2.24, 2.45) is 4.99 Å². The highest BCUT2D eigenvalue weighted by molar-refractivity contribution is 9.12. The van der Waals surface area contributed by atoms with Gasteiger partial charge < -0.3 is 0 Å². The highest BCUT2D eigenvalue weighted by Gasteiger charge is 1.91. The van der Waals surface area contributed by atoms with Gasteiger partial charge in [0.1, 0.15) is 0 Å². The Morgan fingerprint density at radius 2 is 2.27 bits per heavy atom. The van der Waals surface area contributed by atoms with Crippen LogP contribution in [0.1, 0.15) is 6.92 Å². The molecule has 0 saturated heterocycles. The molecular formula is C7H9BrClNS. The molecule has 4 heteroatoms. The van der Waals surface area contributed by atoms with Crippen molar-refractivity contribution in [3.8, 4) is 0 Å². The van der Waals surface area contributed by atoms with E-state index in [1.165, 1.54) is 0 Å². The van der Waals surface area contributed by atoms with Gasteiger partial charge in [0, 0.05) is 11.2 Å². The smallest absolute Gasteiger partial charge is 0.0698 e. The Kier molecular flexibility index (Phi) is 6.01. The standard InChI is InChI=1S/C7H9BrClNS/c1-5(9)7(8)4-10-6(2)11-3/h4H,1H2,2-3H3/b7-4+,10-6?. The number of hydrogen-bond donors (Lipinski definition) is 0. The molecule has 0 rings (SSSR count). The normalized spacial score (nSPS) is 13.5. The molecule has 1 nitrogen and oxygen atoms in total. The van der Waals surface area contributed by atoms with Crippen LogP contribution in [0, 0.1) is 0 Å². The molecule has 0 aromatic rings. The van der Waals surface area contributed by atoms with Gasteiger partial charge in [-0.25, -0.2) is 0 Å². The van der Waals surface area contributed by atoms with Gasteiger partial charge in [-0.15, -0.1) is 11.8 Å². The summed E-state index contributed by atoms with van der Waals surface area (Å²) in [6, 6.07) is 0. The van der Waals surface area contributed by atoms with Crippen LogP contribution in [0.2, 0.25) is 0 Å². The van der Waals surface area contributed by atoms with E-state index >= 15 is 0 Å². The van der Waals surface area contributed by atoms with Crippen LogP contribution in [0.25, 0.3) is 0 Å². The van der Waals surface area contributed by atoms with Crippen molar-refractivity contribution in [3.05, 3.63) is 22.3 Å². The van der Waals surface area contributed by atoms with Crippen molar-refractivity contribution in [3.63, 3.8) is 0 Å². The number of thioether (sulfide) groups is 1. The first kappa shape index (κ1) is 11.3. The predicted octanol–water partition coefficient (Wildman–Crippen LogP) is 3.76. The lowest BCUT2D eigenvalue weighted by atomic mass is 10.6. The molecule has 0 heterocycles. The minimum atomic E-state index is 0.461. The van der Waals surface area contributed by atoms with Crippen molar-refractivity contribution in [1.82, 2.24) is 0 Å². The van der Waals surface area contributed by atoms with E-state index in [0.717, 1.165) is 5.04 Å². The minimum absolute atomic E-state index is 0.461. The Labute approximate surface area is 84.7 Å². The van der Waals surface area contributed by atoms with Gasteiger partial charge in [0.2, 0.25) is 0 Å². The topological polar surface area (TPSA) is 12.4 Å². The Morgan fingerprint density at radius 3 is 2.64 bits per heavy atom. The monoisotopic (exact) mass is 253 g/mol. The van der Waals surface area contributed by atoms with Gasteiger partial charge in [-0.05, 0) is 29.1 Å². The molecule has 62 valence electrons. The second-order valence-corrected chi connectivity index (χ2v) is 4.04. The van der Waals surface area contributed by atoms with Crippen molar-refractivity contribution >= 4 is 44.3 Å². The molecule has 0 N–H and O–H groups in total. The van der Waals surface area contributed by atoms with Gasteiger partial charge in [-0.3, -0.25) is 4.99 Å². The van der Waals surface area contributed by atoms with Crippen LogP contribution in [0.5, 0.6) is 0 Å². The van der Waals surface area contributed by atoms with E-state index in [-0.39, 0.29) is 0 Å². The summed E-state index contributed by atoms with van der Waals surface area (Å²) < 4.78 is 0.715. The Hall–Kier alpha value is 0.270. The van der Waals surface area contributed by atoms with Crippen molar-refractivity contribution in [2.45, 2.75) is 6.92 Å². The van der Waals surface area contributed by atoms with Crippen molar-refractivity contribution in [2.75, 3.05) is 6.26 Å². The van der Waals surface area contributed by atoms with E-state index in [4.69, 9.17) is 11.6 Å². The molecule has 0 spiro atoms. The summed E-state index contributed by atoms with van der Waals surface area (Å²) in [5, 5.41) is 1.45. The zero-order chi connectivity index (χ0) is 8.85. The molecule has 11 heavy (non-hydrogen) atoms. The van der Waals surface area contributed by atoms with Gasteiger partial charge in [-0.2, -0.15) is 0 Å². The molecule has 0 unspecified atom stereocenters. The van der Waals surface area contributed by atoms with Crippen molar-refractivity contribution in [1.29, 1.82) is 0 Å². The summed E-state index contributed by atoms with van der Waals surface area (Å²) in [6.45, 7) is 5.46. The maximum absolute atomic E-state index is 5.57. The molecule has 0 aliphatic carbocycles. The molecule has 0 radical (unpaired) electrons. The van der Waals surface area contributed by atoms with Crippen LogP contribution in [-0.2, 0) is 0 Å². The quantitative estimate of drug-likeness (QED) is 0.415. The van der Waals surface area contributed by atoms with E-state index in [1.807, 2.05) is 13.2 Å². The van der Waals surface area contributed by atoms with Gasteiger partial charge in [0.05, 0.1) is 9.53 Å². The number of allylic oxidation sites excluding steroid dienone is 2. The molecular weight excluding hydrogens is 246 g/mol. The van der Waals surface area contributed by atoms with E-state index < -0.39 is 0 Å². The van der Waals surface area contributed by atoms with E-state index in [9.17, 15) is 0 Å². The zero-order valence-corrected chi connectivity index (χ0v) is 9.55. The molecule has 0 saturated carbocycles. The first-order chi connectivity index (χ1) is 5.07. The van der Waals surface area contributed by atoms with Crippen molar-refractivity contribution < 1.29 is 0 Å². The fraction of sp³-hybridized carbons (Fsp3) is 0.286. The highest BCUT2D eigenvalue weighted by Crippen LogP contribution is 2.18. The Bertz CT molecular complexity index is 210. The maximum Gasteiger partial charge on any atom is 0.0698 e. The van der Waals surface area contributed by atoms with E-state index in [1.54, 1.807) is 18.0 Å². The van der Waals surface area contributed by atoms with Crippen LogP contribution in [0.3, 0.4) is 0 Å². The van der Waals surface area contributed by atoms with E-state index in [2.05, 4.69) is 27.5 Å². The maximum atomic E-state index is 5.57. The number of halogens is 2. The lowest BCUT2D eigenvalue weighted by molar-refractivity contribution is 1.55. The molecule has 0 aromatic carbocycles. The molecule has 0 amide bonds. The minimum Gasteiger partial charge on any atom is -0.254 e. The SMILES string of the molecule is C=C(Cl)/C(Br)=C\N=C(C)SC. The fourth-order valence-electron chi connectivity index (χ4n) is 0.270. The number of rotatable bonds is 2. The summed E-state index contributed by atoms with van der Waals surface area (Å²) in [4.78, 5) is 4.09. The van der Waals surface area contributed by atoms with Gasteiger partial charge >= 0.3 is 0 Å². The third kappa shape index (κ3) is 5.53. The third-order valence-electron chi connectivity index (χ3n) is 0.914. The molecule has 0 bridgehead atoms. The number of aliphatic imine (C=N–C) groups is 1. The summed E-state index contributed by atoms with van der Waals surface area (Å²) in [5.74, 6) is 0. The first-order valence-corrected chi connectivity index (χ1v) is 5.26. The fourth-order valence-corrected chi connectivity index (χ4v) is 0.580. The van der Waals surface area contributed by atoms with Crippen LogP contribution in [0.4, 0.5) is 0 Å². The Morgan fingerprint density at radius 1 is 1.73 bits per heavy atom. The zero-order valence-electron chi connectivity index (χ0n) is 6.40. The average molecular weight is 255 g/mol. The van der Waals surface area contributed by atoms with Gasteiger partial charge in [0.25, 0.3) is 0 Å². The van der Waals surface area contributed by atoms with E-state index in [0.29, 0.717) is 9.51 Å². The summed E-state index contributed by atoms with van der Waals surface area (Å²) in [6.07, 6.45) is 3.61. The third-order valence-corrected chi connectivity index (χ3v) is 2.73. The Balaban J connectivity index is 4.22. The van der Waals surface area contributed by atoms with Crippen LogP contribution >= 0.6 is 39.3 Å².